The van der Waals surface area contributed by atoms with Gasteiger partial charge >= 0.3 is 0 Å². The van der Waals surface area contributed by atoms with Gasteiger partial charge in [0.1, 0.15) is 5.82 Å². The van der Waals surface area contributed by atoms with Crippen LogP contribution in [0, 0.1) is 5.92 Å². The lowest BCUT2D eigenvalue weighted by Crippen LogP contribution is -2.22. The minimum atomic E-state index is -0.108. The number of anilines is 1. The summed E-state index contributed by atoms with van der Waals surface area (Å²) in [4.78, 5) is 25.2. The molecule has 8 heteroatoms. The van der Waals surface area contributed by atoms with E-state index in [1.54, 1.807) is 12.3 Å². The lowest BCUT2D eigenvalue weighted by atomic mass is 10.0. The van der Waals surface area contributed by atoms with Gasteiger partial charge in [0.15, 0.2) is 0 Å². The number of nitrogens with one attached hydrogen (secondary N) is 1. The van der Waals surface area contributed by atoms with Crippen molar-refractivity contribution in [2.24, 2.45) is 5.92 Å². The minimum Gasteiger partial charge on any atom is -0.383 e. The number of carbonyl (C=O) groups excluding carboxylic acids is 1. The zero-order chi connectivity index (χ0) is 23.5. The first-order valence-electron chi connectivity index (χ1n) is 11.4. The van der Waals surface area contributed by atoms with Crippen molar-refractivity contribution >= 4 is 45.4 Å². The van der Waals surface area contributed by atoms with Crippen LogP contribution in [0.5, 0.6) is 0 Å². The Balaban J connectivity index is 1.17. The first kappa shape index (κ1) is 22.8. The van der Waals surface area contributed by atoms with Crippen LogP contribution in [0.3, 0.4) is 0 Å². The summed E-state index contributed by atoms with van der Waals surface area (Å²) in [6.45, 7) is 3.29. The highest BCUT2D eigenvalue weighted by molar-refractivity contribution is 7.14. The van der Waals surface area contributed by atoms with Crippen LogP contribution in [-0.2, 0) is 19.5 Å². The van der Waals surface area contributed by atoms with E-state index in [0.717, 1.165) is 47.3 Å². The molecule has 174 valence electrons. The number of rotatable bonds is 7. The maximum atomic E-state index is 12.8. The fourth-order valence-electron chi connectivity index (χ4n) is 4.53. The van der Waals surface area contributed by atoms with Crippen molar-refractivity contribution in [1.29, 1.82) is 0 Å². The van der Waals surface area contributed by atoms with E-state index in [0.29, 0.717) is 28.2 Å². The molecule has 1 aromatic carbocycles. The number of likely N-dealkylation sites (tertiary alicyclic amines) is 1. The SMILES string of the molecule is Nc1nccc2cc(CNC(=O)c3cc(Cl)c(CN4CC[C@H](Cc5cccnc5)C4)s3)ccc12. The Kier molecular flexibility index (Phi) is 6.76. The Labute approximate surface area is 207 Å². The zero-order valence-electron chi connectivity index (χ0n) is 18.7. The third kappa shape index (κ3) is 5.22. The molecule has 0 spiro atoms. The molecule has 34 heavy (non-hydrogen) atoms. The third-order valence-electron chi connectivity index (χ3n) is 6.28. The van der Waals surface area contributed by atoms with E-state index in [1.165, 1.54) is 23.3 Å². The topological polar surface area (TPSA) is 84.1 Å². The van der Waals surface area contributed by atoms with E-state index >= 15 is 0 Å². The third-order valence-corrected chi connectivity index (χ3v) is 7.85. The molecule has 6 nitrogen and oxygen atoms in total. The first-order chi connectivity index (χ1) is 16.5. The lowest BCUT2D eigenvalue weighted by Gasteiger charge is -2.15. The highest BCUT2D eigenvalue weighted by Gasteiger charge is 2.24. The van der Waals surface area contributed by atoms with E-state index in [9.17, 15) is 4.79 Å². The molecule has 1 amide bonds. The first-order valence-corrected chi connectivity index (χ1v) is 12.6. The van der Waals surface area contributed by atoms with Crippen molar-refractivity contribution < 1.29 is 4.79 Å². The highest BCUT2D eigenvalue weighted by atomic mass is 35.5. The van der Waals surface area contributed by atoms with Crippen molar-refractivity contribution in [2.45, 2.75) is 25.9 Å². The Hall–Kier alpha value is -3.00. The molecule has 1 fully saturated rings. The maximum absolute atomic E-state index is 12.8. The van der Waals surface area contributed by atoms with Crippen LogP contribution >= 0.6 is 22.9 Å². The Morgan fingerprint density at radius 3 is 2.97 bits per heavy atom. The number of hydrogen-bond acceptors (Lipinski definition) is 6. The van der Waals surface area contributed by atoms with Crippen molar-refractivity contribution in [3.63, 3.8) is 0 Å². The molecular weight excluding hydrogens is 466 g/mol. The summed E-state index contributed by atoms with van der Waals surface area (Å²) in [6.07, 6.45) is 7.67. The number of nitrogen functional groups attached to an aromatic ring is 1. The van der Waals surface area contributed by atoms with E-state index < -0.39 is 0 Å². The second-order valence-corrected chi connectivity index (χ2v) is 10.3. The van der Waals surface area contributed by atoms with Gasteiger partial charge in [0.05, 0.1) is 9.90 Å². The van der Waals surface area contributed by atoms with Crippen LogP contribution in [0.1, 0.15) is 32.1 Å². The van der Waals surface area contributed by atoms with Crippen LogP contribution in [0.4, 0.5) is 5.82 Å². The molecule has 1 aliphatic rings. The summed E-state index contributed by atoms with van der Waals surface area (Å²) in [7, 11) is 0. The van der Waals surface area contributed by atoms with E-state index in [4.69, 9.17) is 17.3 Å². The van der Waals surface area contributed by atoms with Gasteiger partial charge in [-0.2, -0.15) is 0 Å². The second kappa shape index (κ2) is 10.1. The number of carbonyl (C=O) groups is 1. The standard InChI is InChI=1S/C26H26ClN5OS/c27-22-12-23(26(33)31-14-18-3-4-21-20(11-18)5-8-30-25(21)28)34-24(22)16-32-9-6-19(15-32)10-17-2-1-7-29-13-17/h1-5,7-8,11-13,19H,6,9-10,14-16H2,(H2,28,30)(H,31,33)/t19-/m1/s1. The van der Waals surface area contributed by atoms with Gasteiger partial charge < -0.3 is 11.1 Å². The summed E-state index contributed by atoms with van der Waals surface area (Å²) in [6, 6.07) is 13.8. The zero-order valence-corrected chi connectivity index (χ0v) is 20.3. The van der Waals surface area contributed by atoms with Crippen LogP contribution in [-0.4, -0.2) is 33.9 Å². The number of nitrogens with two attached hydrogens (primary N) is 1. The number of amides is 1. The van der Waals surface area contributed by atoms with Gasteiger partial charge in [-0.15, -0.1) is 11.3 Å². The molecule has 1 saturated heterocycles. The van der Waals surface area contributed by atoms with Gasteiger partial charge in [0.2, 0.25) is 0 Å². The minimum absolute atomic E-state index is 0.108. The van der Waals surface area contributed by atoms with Gasteiger partial charge in [0, 0.05) is 48.5 Å². The summed E-state index contributed by atoms with van der Waals surface area (Å²) in [5, 5.41) is 5.60. The molecule has 3 aromatic heterocycles. The molecule has 5 rings (SSSR count). The van der Waals surface area contributed by atoms with Crippen LogP contribution in [0.2, 0.25) is 5.02 Å². The fourth-order valence-corrected chi connectivity index (χ4v) is 5.89. The molecule has 0 bridgehead atoms. The van der Waals surface area contributed by atoms with Crippen molar-refractivity contribution in [1.82, 2.24) is 20.2 Å². The fraction of sp³-hybridized carbons (Fsp3) is 0.269. The number of aromatic nitrogens is 2. The van der Waals surface area contributed by atoms with E-state index in [-0.39, 0.29) is 5.91 Å². The number of nitrogens with zero attached hydrogens (tertiary/aromatic N) is 3. The summed E-state index contributed by atoms with van der Waals surface area (Å²) in [5.41, 5.74) is 8.22. The summed E-state index contributed by atoms with van der Waals surface area (Å²) < 4.78 is 0. The quantitative estimate of drug-likeness (QED) is 0.383. The largest absolute Gasteiger partial charge is 0.383 e. The molecule has 4 heterocycles. The van der Waals surface area contributed by atoms with Crippen molar-refractivity contribution in [2.75, 3.05) is 18.8 Å². The molecule has 1 atom stereocenters. The van der Waals surface area contributed by atoms with E-state index in [1.807, 2.05) is 42.7 Å². The molecule has 0 aliphatic carbocycles. The van der Waals surface area contributed by atoms with Gasteiger partial charge in [-0.05, 0) is 66.1 Å². The lowest BCUT2D eigenvalue weighted by molar-refractivity contribution is 0.0955. The van der Waals surface area contributed by atoms with Gasteiger partial charge in [-0.25, -0.2) is 4.98 Å². The molecule has 0 unspecified atom stereocenters. The molecular formula is C26H26ClN5OS. The number of pyridine rings is 2. The average Bonchev–Trinajstić information content (AvgIpc) is 3.44. The summed E-state index contributed by atoms with van der Waals surface area (Å²) in [5.74, 6) is 1.03. The van der Waals surface area contributed by atoms with Crippen LogP contribution < -0.4 is 11.1 Å². The number of benzene rings is 1. The van der Waals surface area contributed by atoms with Crippen molar-refractivity contribution in [3.05, 3.63) is 87.0 Å². The number of thiophene rings is 1. The molecule has 3 N–H and O–H groups in total. The Bertz CT molecular complexity index is 1310. The molecule has 4 aromatic rings. The van der Waals surface area contributed by atoms with Crippen molar-refractivity contribution in [3.8, 4) is 0 Å². The van der Waals surface area contributed by atoms with Gasteiger partial charge in [0.25, 0.3) is 5.91 Å². The van der Waals surface area contributed by atoms with Crippen LogP contribution in [0.25, 0.3) is 10.8 Å². The Morgan fingerprint density at radius 1 is 1.21 bits per heavy atom. The molecule has 0 saturated carbocycles. The molecule has 0 radical (unpaired) electrons. The van der Waals surface area contributed by atoms with Gasteiger partial charge in [-0.3, -0.25) is 14.7 Å². The number of halogens is 1. The predicted molar refractivity (Wildman–Crippen MR) is 138 cm³/mol. The Morgan fingerprint density at radius 2 is 2.12 bits per heavy atom. The van der Waals surface area contributed by atoms with Crippen LogP contribution in [0.15, 0.2) is 61.1 Å². The molecule has 1 aliphatic heterocycles. The average molecular weight is 492 g/mol. The second-order valence-electron chi connectivity index (χ2n) is 8.77. The normalized spacial score (nSPS) is 16.2. The number of hydrogen-bond donors (Lipinski definition) is 2. The smallest absolute Gasteiger partial charge is 0.261 e. The predicted octanol–water partition coefficient (Wildman–Crippen LogP) is 4.92. The maximum Gasteiger partial charge on any atom is 0.261 e. The highest BCUT2D eigenvalue weighted by Crippen LogP contribution is 2.31. The van der Waals surface area contributed by atoms with Gasteiger partial charge in [-0.1, -0.05) is 29.8 Å². The summed E-state index contributed by atoms with van der Waals surface area (Å²) >= 11 is 7.99. The monoisotopic (exact) mass is 491 g/mol. The number of fused-ring (bicyclic) bond motifs is 1. The van der Waals surface area contributed by atoms with E-state index in [2.05, 4.69) is 26.3 Å².